The lowest BCUT2D eigenvalue weighted by Gasteiger charge is -2.46. The highest BCUT2D eigenvalue weighted by Crippen LogP contribution is 2.30. The highest BCUT2D eigenvalue weighted by Gasteiger charge is 2.51. The van der Waals surface area contributed by atoms with Crippen molar-refractivity contribution in [3.8, 4) is 0 Å². The molecule has 1 amide bonds. The summed E-state index contributed by atoms with van der Waals surface area (Å²) < 4.78 is 22.8. The number of hydrogen-bond acceptors (Lipinski definition) is 13. The van der Waals surface area contributed by atoms with Crippen LogP contribution in [0.4, 0.5) is 0 Å². The summed E-state index contributed by atoms with van der Waals surface area (Å²) in [5.74, 6) is -0.247. The van der Waals surface area contributed by atoms with Crippen LogP contribution >= 0.6 is 0 Å². The van der Waals surface area contributed by atoms with Gasteiger partial charge < -0.3 is 65.1 Å². The van der Waals surface area contributed by atoms with Gasteiger partial charge in [0.1, 0.15) is 48.8 Å². The van der Waals surface area contributed by atoms with Crippen molar-refractivity contribution in [3.05, 3.63) is 36.5 Å². The summed E-state index contributed by atoms with van der Waals surface area (Å²) in [6.07, 6.45) is 52.0. The average Bonchev–Trinajstić information content (AvgIpc) is 3.59. The predicted octanol–water partition coefficient (Wildman–Crippen LogP) is 13.7. The molecule has 9 N–H and O–H groups in total. The Bertz CT molecular complexity index is 1530. The molecule has 2 heterocycles. The first-order chi connectivity index (χ1) is 40.6. The van der Waals surface area contributed by atoms with E-state index in [-0.39, 0.29) is 18.9 Å². The summed E-state index contributed by atoms with van der Waals surface area (Å²) in [6, 6.07) is -0.937. The van der Waals surface area contributed by atoms with Gasteiger partial charge in [0.25, 0.3) is 0 Å². The predicted molar refractivity (Wildman–Crippen MR) is 337 cm³/mol. The van der Waals surface area contributed by atoms with Crippen LogP contribution in [0.5, 0.6) is 0 Å². The zero-order valence-corrected chi connectivity index (χ0v) is 53.0. The molecule has 14 nitrogen and oxygen atoms in total. The second-order valence-electron chi connectivity index (χ2n) is 24.6. The largest absolute Gasteiger partial charge is 0.394 e. The molecule has 0 spiro atoms. The lowest BCUT2D eigenvalue weighted by atomic mass is 9.97. The molecule has 0 aliphatic carbocycles. The summed E-state index contributed by atoms with van der Waals surface area (Å²) in [4.78, 5) is 13.3. The van der Waals surface area contributed by atoms with Crippen LogP contribution in [0.1, 0.15) is 303 Å². The molecule has 12 atom stereocenters. The summed E-state index contributed by atoms with van der Waals surface area (Å²) >= 11 is 0. The molecule has 2 aliphatic rings. The molecule has 14 heteroatoms. The quantitative estimate of drug-likeness (QED) is 0.0204. The fourth-order valence-corrected chi connectivity index (χ4v) is 11.5. The molecule has 83 heavy (non-hydrogen) atoms. The highest BCUT2D eigenvalue weighted by molar-refractivity contribution is 5.76. The normalized spacial score (nSPS) is 24.0. The van der Waals surface area contributed by atoms with Gasteiger partial charge in [-0.1, -0.05) is 288 Å². The van der Waals surface area contributed by atoms with Crippen LogP contribution in [0.3, 0.4) is 0 Å². The van der Waals surface area contributed by atoms with E-state index in [1.54, 1.807) is 6.08 Å². The van der Waals surface area contributed by atoms with Crippen molar-refractivity contribution < 1.29 is 64.6 Å². The number of allylic oxidation sites excluding steroid dienone is 5. The second kappa shape index (κ2) is 54.4. The molecule has 12 unspecified atom stereocenters. The van der Waals surface area contributed by atoms with E-state index in [1.807, 2.05) is 6.08 Å². The molecule has 0 aromatic rings. The number of unbranched alkanes of at least 4 members (excludes halogenated alkanes) is 40. The maximum absolute atomic E-state index is 13.3. The van der Waals surface area contributed by atoms with Crippen molar-refractivity contribution in [3.63, 3.8) is 0 Å². The van der Waals surface area contributed by atoms with Gasteiger partial charge in [0.15, 0.2) is 12.6 Å². The topological polar surface area (TPSA) is 228 Å². The van der Waals surface area contributed by atoms with Crippen LogP contribution in [0.25, 0.3) is 0 Å². The fourth-order valence-electron chi connectivity index (χ4n) is 11.5. The number of aliphatic hydroxyl groups excluding tert-OH is 8. The van der Waals surface area contributed by atoms with Crippen molar-refractivity contribution in [1.82, 2.24) is 5.32 Å². The molecular formula is C69H129NO13. The third-order valence-electron chi connectivity index (χ3n) is 17.1. The Labute approximate surface area is 506 Å². The Morgan fingerprint density at radius 2 is 0.771 bits per heavy atom. The summed E-state index contributed by atoms with van der Waals surface area (Å²) in [5.41, 5.74) is 0. The monoisotopic (exact) mass is 1180 g/mol. The van der Waals surface area contributed by atoms with E-state index in [1.165, 1.54) is 225 Å². The van der Waals surface area contributed by atoms with E-state index < -0.39 is 86.8 Å². The standard InChI is InChI=1S/C69H129NO13/c1-3-5-7-9-11-13-15-17-19-21-23-25-27-28-29-30-31-33-35-37-39-41-43-45-47-49-51-53-61(74)70-57(56-80-68-66(79)64(77)67(60(55-72)82-68)83-69-65(78)63(76)62(75)59(54-71)81-69)58(73)52-50-48-46-44-42-40-38-36-34-32-26-24-22-20-18-16-14-12-10-8-6-4-2/h34,36,42,44,50,52,57-60,62-69,71-73,75-79H,3-33,35,37-41,43,45-49,51,53-56H2,1-2H3,(H,70,74)/b36-34+,44-42+,52-50+. The van der Waals surface area contributed by atoms with Gasteiger partial charge >= 0.3 is 0 Å². The van der Waals surface area contributed by atoms with Gasteiger partial charge in [0, 0.05) is 6.42 Å². The van der Waals surface area contributed by atoms with Gasteiger partial charge in [-0.3, -0.25) is 4.79 Å². The highest BCUT2D eigenvalue weighted by atomic mass is 16.7. The van der Waals surface area contributed by atoms with Gasteiger partial charge in [-0.25, -0.2) is 0 Å². The Balaban J connectivity index is 1.70. The van der Waals surface area contributed by atoms with Crippen LogP contribution in [-0.4, -0.2) is 140 Å². The van der Waals surface area contributed by atoms with Gasteiger partial charge in [-0.15, -0.1) is 0 Å². The van der Waals surface area contributed by atoms with Crippen molar-refractivity contribution in [2.45, 2.75) is 376 Å². The number of rotatable bonds is 57. The van der Waals surface area contributed by atoms with E-state index in [2.05, 4.69) is 43.5 Å². The zero-order chi connectivity index (χ0) is 60.2. The van der Waals surface area contributed by atoms with Crippen molar-refractivity contribution >= 4 is 5.91 Å². The minimum atomic E-state index is -1.79. The zero-order valence-electron chi connectivity index (χ0n) is 53.0. The molecule has 0 bridgehead atoms. The van der Waals surface area contributed by atoms with Gasteiger partial charge in [0.2, 0.25) is 5.91 Å². The van der Waals surface area contributed by atoms with E-state index in [9.17, 15) is 45.6 Å². The Morgan fingerprint density at radius 1 is 0.422 bits per heavy atom. The average molecular weight is 1180 g/mol. The lowest BCUT2D eigenvalue weighted by Crippen LogP contribution is -2.65. The first-order valence-corrected chi connectivity index (χ1v) is 34.7. The van der Waals surface area contributed by atoms with Crippen LogP contribution in [0.2, 0.25) is 0 Å². The Kier molecular flexibility index (Phi) is 50.6. The van der Waals surface area contributed by atoms with E-state index in [0.717, 1.165) is 44.9 Å². The molecule has 2 rings (SSSR count). The van der Waals surface area contributed by atoms with Crippen LogP contribution in [-0.2, 0) is 23.7 Å². The van der Waals surface area contributed by atoms with E-state index in [0.29, 0.717) is 12.8 Å². The van der Waals surface area contributed by atoms with Gasteiger partial charge in [-0.05, 0) is 44.9 Å². The number of nitrogens with one attached hydrogen (secondary N) is 1. The maximum Gasteiger partial charge on any atom is 0.220 e. The second-order valence-corrected chi connectivity index (χ2v) is 24.6. The summed E-state index contributed by atoms with van der Waals surface area (Å²) in [5, 5.41) is 87.3. The molecule has 2 aliphatic heterocycles. The number of carbonyl (C=O) groups is 1. The minimum absolute atomic E-state index is 0.247. The Hall–Kier alpha value is -1.79. The fraction of sp³-hybridized carbons (Fsp3) is 0.899. The maximum atomic E-state index is 13.3. The van der Waals surface area contributed by atoms with Crippen LogP contribution in [0.15, 0.2) is 36.5 Å². The van der Waals surface area contributed by atoms with Crippen molar-refractivity contribution in [1.29, 1.82) is 0 Å². The molecule has 0 aromatic carbocycles. The van der Waals surface area contributed by atoms with Crippen LogP contribution in [0, 0.1) is 0 Å². The van der Waals surface area contributed by atoms with Crippen LogP contribution < -0.4 is 5.32 Å². The number of carbonyl (C=O) groups excluding carboxylic acids is 1. The van der Waals surface area contributed by atoms with E-state index >= 15 is 0 Å². The van der Waals surface area contributed by atoms with Crippen molar-refractivity contribution in [2.75, 3.05) is 19.8 Å². The summed E-state index contributed by atoms with van der Waals surface area (Å²) in [6.45, 7) is 2.82. The number of ether oxygens (including phenoxy) is 4. The molecule has 0 saturated carbocycles. The number of hydrogen-bond donors (Lipinski definition) is 9. The molecule has 2 fully saturated rings. The first-order valence-electron chi connectivity index (χ1n) is 34.7. The van der Waals surface area contributed by atoms with Crippen molar-refractivity contribution in [2.24, 2.45) is 0 Å². The number of aliphatic hydroxyl groups is 8. The van der Waals surface area contributed by atoms with Gasteiger partial charge in [0.05, 0.1) is 32.0 Å². The lowest BCUT2D eigenvalue weighted by molar-refractivity contribution is -0.359. The molecular weight excluding hydrogens is 1050 g/mol. The summed E-state index contributed by atoms with van der Waals surface area (Å²) in [7, 11) is 0. The molecule has 0 radical (unpaired) electrons. The Morgan fingerprint density at radius 3 is 1.18 bits per heavy atom. The third-order valence-corrected chi connectivity index (χ3v) is 17.1. The first kappa shape index (κ1) is 77.3. The smallest absolute Gasteiger partial charge is 0.220 e. The molecule has 0 aromatic heterocycles. The number of amides is 1. The van der Waals surface area contributed by atoms with Gasteiger partial charge in [-0.2, -0.15) is 0 Å². The third kappa shape index (κ3) is 39.0. The molecule has 2 saturated heterocycles. The minimum Gasteiger partial charge on any atom is -0.394 e. The van der Waals surface area contributed by atoms with E-state index in [4.69, 9.17) is 18.9 Å². The SMILES string of the molecule is CCCCCCCCCCCCCC/C=C/CC/C=C/CC/C=C/C(O)C(COC1OC(CO)C(OC2OC(CO)C(O)C(O)C2O)C(O)C1O)NC(=O)CCCCCCCCCCCCCCCCCCCCCCCCCCCCC. The molecule has 488 valence electrons.